The summed E-state index contributed by atoms with van der Waals surface area (Å²) in [5.41, 5.74) is -1.18. The first kappa shape index (κ1) is 24.7. The molecule has 2 aromatic rings. The molecule has 34 heavy (non-hydrogen) atoms. The molecule has 0 N–H and O–H groups in total. The van der Waals surface area contributed by atoms with Gasteiger partial charge in [0, 0.05) is 20.8 Å². The molecule has 4 atom stereocenters. The van der Waals surface area contributed by atoms with Gasteiger partial charge in [-0.15, -0.1) is 10.2 Å². The first-order valence-electron chi connectivity index (χ1n) is 10.1. The number of carbonyl (C=O) groups excluding carboxylic acids is 4. The summed E-state index contributed by atoms with van der Waals surface area (Å²) in [4.78, 5) is 59.9. The van der Waals surface area contributed by atoms with E-state index in [4.69, 9.17) is 23.7 Å². The number of nitrogens with zero attached hydrogens (tertiary/aromatic N) is 6. The van der Waals surface area contributed by atoms with Gasteiger partial charge >= 0.3 is 23.9 Å². The van der Waals surface area contributed by atoms with Gasteiger partial charge in [0.15, 0.2) is 24.0 Å². The summed E-state index contributed by atoms with van der Waals surface area (Å²) in [6, 6.07) is 0. The van der Waals surface area contributed by atoms with Crippen LogP contribution in [0.25, 0.3) is 11.2 Å². The van der Waals surface area contributed by atoms with E-state index < -0.39 is 60.5 Å². The Balaban J connectivity index is 2.04. The second-order valence-corrected chi connectivity index (χ2v) is 7.08. The topological polar surface area (TPSA) is 193 Å². The average Bonchev–Trinajstić information content (AvgIpc) is 3.29. The summed E-state index contributed by atoms with van der Waals surface area (Å²) >= 11 is 0. The van der Waals surface area contributed by atoms with Crippen molar-refractivity contribution in [3.63, 3.8) is 0 Å². The molecular formula is C18H22N6O10. The fraction of sp³-hybridized carbons (Fsp3) is 0.611. The Kier molecular flexibility index (Phi) is 7.50. The normalized spacial score (nSPS) is 21.8. The van der Waals surface area contributed by atoms with Gasteiger partial charge in [-0.2, -0.15) is 4.68 Å². The largest absolute Gasteiger partial charge is 0.465 e. The fourth-order valence-electron chi connectivity index (χ4n) is 3.31. The Bertz CT molecular complexity index is 1160. The third-order valence-electron chi connectivity index (χ3n) is 4.53. The highest BCUT2D eigenvalue weighted by Crippen LogP contribution is 2.33. The Morgan fingerprint density at radius 3 is 2.21 bits per heavy atom. The molecule has 16 nitrogen and oxygen atoms in total. The summed E-state index contributed by atoms with van der Waals surface area (Å²) in [5, 5.41) is 15.0. The van der Waals surface area contributed by atoms with Gasteiger partial charge in [0.25, 0.3) is 5.56 Å². The Hall–Kier alpha value is -3.95. The maximum Gasteiger partial charge on any atom is 0.327 e. The number of esters is 4. The van der Waals surface area contributed by atoms with Crippen molar-refractivity contribution in [1.82, 2.24) is 30.0 Å². The van der Waals surface area contributed by atoms with Crippen molar-refractivity contribution in [2.45, 2.75) is 58.8 Å². The highest BCUT2D eigenvalue weighted by Gasteiger charge is 2.51. The quantitative estimate of drug-likeness (QED) is 0.304. The molecule has 0 aromatic carbocycles. The van der Waals surface area contributed by atoms with Gasteiger partial charge in [0.05, 0.1) is 6.61 Å². The molecular weight excluding hydrogens is 460 g/mol. The number of carbonyl (C=O) groups is 4. The molecule has 0 spiro atoms. The van der Waals surface area contributed by atoms with E-state index in [1.54, 1.807) is 6.92 Å². The zero-order valence-corrected chi connectivity index (χ0v) is 18.7. The van der Waals surface area contributed by atoms with Crippen LogP contribution in [0.3, 0.4) is 0 Å². The van der Waals surface area contributed by atoms with Crippen LogP contribution in [0.1, 0.15) is 33.9 Å². The third kappa shape index (κ3) is 5.33. The lowest BCUT2D eigenvalue weighted by Gasteiger charge is -2.23. The van der Waals surface area contributed by atoms with E-state index in [2.05, 4.69) is 20.6 Å². The van der Waals surface area contributed by atoms with Crippen molar-refractivity contribution in [2.75, 3.05) is 13.2 Å². The second kappa shape index (κ2) is 10.3. The third-order valence-corrected chi connectivity index (χ3v) is 4.53. The molecule has 2 aromatic heterocycles. The molecule has 0 amide bonds. The molecule has 16 heteroatoms. The Morgan fingerprint density at radius 2 is 1.59 bits per heavy atom. The molecule has 1 aliphatic heterocycles. The van der Waals surface area contributed by atoms with Crippen molar-refractivity contribution in [3.05, 3.63) is 10.4 Å². The van der Waals surface area contributed by atoms with E-state index in [0.29, 0.717) is 0 Å². The van der Waals surface area contributed by atoms with E-state index in [0.717, 1.165) is 23.2 Å². The van der Waals surface area contributed by atoms with Crippen molar-refractivity contribution >= 4 is 35.0 Å². The highest BCUT2D eigenvalue weighted by atomic mass is 16.7. The zero-order chi connectivity index (χ0) is 25.0. The van der Waals surface area contributed by atoms with Crippen LogP contribution >= 0.6 is 0 Å². The number of rotatable bonds is 8. The number of ether oxygens (including phenoxy) is 5. The lowest BCUT2D eigenvalue weighted by atomic mass is 10.1. The molecule has 184 valence electrons. The Morgan fingerprint density at radius 1 is 0.941 bits per heavy atom. The van der Waals surface area contributed by atoms with E-state index in [9.17, 15) is 24.0 Å². The SMILES string of the molecule is CCOC(=O)Cn1nnc2nnn(C3OC(COC(C)=O)C(OC(C)=O)C3OC(C)=O)c(=O)c21. The van der Waals surface area contributed by atoms with Gasteiger partial charge < -0.3 is 23.7 Å². The minimum atomic E-state index is -1.43. The van der Waals surface area contributed by atoms with Gasteiger partial charge in [0.2, 0.25) is 5.65 Å². The summed E-state index contributed by atoms with van der Waals surface area (Å²) in [6.45, 7) is 4.35. The molecule has 3 rings (SSSR count). The lowest BCUT2D eigenvalue weighted by Crippen LogP contribution is -2.42. The van der Waals surface area contributed by atoms with E-state index in [1.807, 2.05) is 0 Å². The van der Waals surface area contributed by atoms with Crippen LogP contribution in [0.15, 0.2) is 4.79 Å². The number of hydrogen-bond acceptors (Lipinski definition) is 14. The van der Waals surface area contributed by atoms with Crippen LogP contribution in [-0.4, -0.2) is 85.4 Å². The molecule has 0 radical (unpaired) electrons. The molecule has 0 bridgehead atoms. The van der Waals surface area contributed by atoms with Crippen LogP contribution < -0.4 is 5.56 Å². The van der Waals surface area contributed by atoms with Crippen molar-refractivity contribution < 1.29 is 42.9 Å². The highest BCUT2D eigenvalue weighted by molar-refractivity contribution is 5.73. The molecule has 3 heterocycles. The maximum absolute atomic E-state index is 13.3. The van der Waals surface area contributed by atoms with Gasteiger partial charge in [-0.05, 0) is 6.92 Å². The summed E-state index contributed by atoms with van der Waals surface area (Å²) in [7, 11) is 0. The molecule has 0 saturated carbocycles. The first-order chi connectivity index (χ1) is 16.1. The Labute approximate surface area is 191 Å². The first-order valence-corrected chi connectivity index (χ1v) is 10.1. The van der Waals surface area contributed by atoms with E-state index >= 15 is 0 Å². The van der Waals surface area contributed by atoms with Crippen molar-refractivity contribution in [1.29, 1.82) is 0 Å². The van der Waals surface area contributed by atoms with Crippen LogP contribution in [0, 0.1) is 0 Å². The second-order valence-electron chi connectivity index (χ2n) is 7.08. The molecule has 4 unspecified atom stereocenters. The predicted octanol–water partition coefficient (Wildman–Crippen LogP) is -1.73. The van der Waals surface area contributed by atoms with Gasteiger partial charge in [-0.1, -0.05) is 10.4 Å². The lowest BCUT2D eigenvalue weighted by molar-refractivity contribution is -0.166. The maximum atomic E-state index is 13.3. The minimum Gasteiger partial charge on any atom is -0.465 e. The van der Waals surface area contributed by atoms with E-state index in [1.165, 1.54) is 6.92 Å². The molecule has 1 saturated heterocycles. The number of hydrogen-bond donors (Lipinski definition) is 0. The van der Waals surface area contributed by atoms with Crippen LogP contribution in [0.5, 0.6) is 0 Å². The standard InChI is InChI=1S/C18H22N6O10/c1-5-30-12(28)6-23-13-16(19-21-23)20-22-24(17(13)29)18-15(33-10(4)27)14(32-9(3)26)11(34-18)7-31-8(2)25/h11,14-15,18H,5-7H2,1-4H3. The smallest absolute Gasteiger partial charge is 0.327 e. The van der Waals surface area contributed by atoms with Gasteiger partial charge in [-0.3, -0.25) is 24.0 Å². The van der Waals surface area contributed by atoms with Gasteiger partial charge in [0.1, 0.15) is 19.3 Å². The van der Waals surface area contributed by atoms with Crippen LogP contribution in [-0.2, 0) is 49.4 Å². The average molecular weight is 482 g/mol. The van der Waals surface area contributed by atoms with Gasteiger partial charge in [-0.25, -0.2) is 4.68 Å². The van der Waals surface area contributed by atoms with Crippen LogP contribution in [0.4, 0.5) is 0 Å². The molecule has 0 aliphatic carbocycles. The van der Waals surface area contributed by atoms with E-state index in [-0.39, 0.29) is 24.4 Å². The monoisotopic (exact) mass is 482 g/mol. The summed E-state index contributed by atoms with van der Waals surface area (Å²) in [5.74, 6) is -2.79. The number of aromatic nitrogens is 6. The predicted molar refractivity (Wildman–Crippen MR) is 106 cm³/mol. The molecule has 1 aliphatic rings. The van der Waals surface area contributed by atoms with Crippen LogP contribution in [0.2, 0.25) is 0 Å². The summed E-state index contributed by atoms with van der Waals surface area (Å²) in [6.07, 6.45) is -5.11. The fourth-order valence-corrected chi connectivity index (χ4v) is 3.31. The van der Waals surface area contributed by atoms with Crippen molar-refractivity contribution in [3.8, 4) is 0 Å². The number of fused-ring (bicyclic) bond motifs is 1. The minimum absolute atomic E-state index is 0.122. The molecule has 1 fully saturated rings. The van der Waals surface area contributed by atoms with Crippen molar-refractivity contribution in [2.24, 2.45) is 0 Å². The zero-order valence-electron chi connectivity index (χ0n) is 18.7. The summed E-state index contributed by atoms with van der Waals surface area (Å²) < 4.78 is 27.9.